The van der Waals surface area contributed by atoms with E-state index in [1.807, 2.05) is 0 Å². The molecule has 1 aliphatic rings. The van der Waals surface area contributed by atoms with Crippen LogP contribution in [0.5, 0.6) is 0 Å². The molecule has 0 spiro atoms. The predicted octanol–water partition coefficient (Wildman–Crippen LogP) is 4.46. The molecule has 0 radical (unpaired) electrons. The number of hydrogen-bond acceptors (Lipinski definition) is 0. The number of allylic oxidation sites excluding steroid dienone is 3. The third kappa shape index (κ3) is 2.59. The first kappa shape index (κ1) is 10.2. The molecule has 0 aromatic heterocycles. The summed E-state index contributed by atoms with van der Waals surface area (Å²) >= 11 is 0. The lowest BCUT2D eigenvalue weighted by Crippen LogP contribution is -1.95. The lowest BCUT2D eigenvalue weighted by Gasteiger charge is -2.13. The van der Waals surface area contributed by atoms with Gasteiger partial charge in [-0.1, -0.05) is 48.1 Å². The summed E-state index contributed by atoms with van der Waals surface area (Å²) in [6, 6.07) is 10.7. The van der Waals surface area contributed by atoms with E-state index in [0.717, 1.165) is 6.42 Å². The van der Waals surface area contributed by atoms with E-state index >= 15 is 0 Å². The van der Waals surface area contributed by atoms with Gasteiger partial charge in [0.05, 0.1) is 0 Å². The molecule has 0 saturated heterocycles. The van der Waals surface area contributed by atoms with E-state index in [4.69, 9.17) is 0 Å². The Morgan fingerprint density at radius 3 is 2.67 bits per heavy atom. The fraction of sp³-hybridized carbons (Fsp3) is 0.333. The molecule has 0 N–H and O–H groups in total. The molecule has 0 heteroatoms. The van der Waals surface area contributed by atoms with Gasteiger partial charge in [0.25, 0.3) is 0 Å². The number of hydrogen-bond donors (Lipinski definition) is 0. The highest BCUT2D eigenvalue weighted by atomic mass is 14.2. The summed E-state index contributed by atoms with van der Waals surface area (Å²) in [7, 11) is 0. The molecule has 0 unspecified atom stereocenters. The van der Waals surface area contributed by atoms with Gasteiger partial charge in [-0.3, -0.25) is 0 Å². The fourth-order valence-electron chi connectivity index (χ4n) is 2.24. The highest BCUT2D eigenvalue weighted by molar-refractivity contribution is 5.26. The first-order chi connectivity index (χ1) is 7.40. The van der Waals surface area contributed by atoms with Gasteiger partial charge in [0.15, 0.2) is 0 Å². The zero-order valence-corrected chi connectivity index (χ0v) is 9.15. The van der Waals surface area contributed by atoms with Crippen molar-refractivity contribution < 1.29 is 0 Å². The Balaban J connectivity index is 2.07. The minimum absolute atomic E-state index is 0.496. The Morgan fingerprint density at radius 2 is 2.07 bits per heavy atom. The van der Waals surface area contributed by atoms with E-state index in [-0.39, 0.29) is 0 Å². The molecule has 1 atom stereocenters. The molecular weight excluding hydrogens is 180 g/mol. The van der Waals surface area contributed by atoms with Crippen molar-refractivity contribution in [1.82, 2.24) is 0 Å². The first-order valence-corrected chi connectivity index (χ1v) is 5.75. The fourth-order valence-corrected chi connectivity index (χ4v) is 2.24. The summed E-state index contributed by atoms with van der Waals surface area (Å²) in [5, 5.41) is 0. The van der Waals surface area contributed by atoms with Crippen LogP contribution in [0.25, 0.3) is 0 Å². The minimum atomic E-state index is 0.496. The maximum atomic E-state index is 3.95. The van der Waals surface area contributed by atoms with Crippen LogP contribution in [0.1, 0.15) is 37.2 Å². The second-order valence-electron chi connectivity index (χ2n) is 4.21. The summed E-state index contributed by atoms with van der Waals surface area (Å²) in [6.07, 6.45) is 9.54. The van der Waals surface area contributed by atoms with E-state index in [1.54, 1.807) is 5.57 Å². The standard InChI is InChI=1S/C15H18/c1-2-14(12-13-8-6-7-9-13)15-10-4-3-5-11-15/h2-5,8,10-11,14H,1,6-7,9,12H2/t14-/m1/s1. The van der Waals surface area contributed by atoms with Crippen LogP contribution in [0.3, 0.4) is 0 Å². The number of benzene rings is 1. The average molecular weight is 198 g/mol. The second kappa shape index (κ2) is 4.97. The van der Waals surface area contributed by atoms with Crippen LogP contribution in [0, 0.1) is 0 Å². The van der Waals surface area contributed by atoms with Crippen LogP contribution in [0.15, 0.2) is 54.6 Å². The van der Waals surface area contributed by atoms with Crippen molar-refractivity contribution in [2.75, 3.05) is 0 Å². The van der Waals surface area contributed by atoms with Gasteiger partial charge in [-0.05, 0) is 31.2 Å². The van der Waals surface area contributed by atoms with E-state index in [0.29, 0.717) is 5.92 Å². The van der Waals surface area contributed by atoms with E-state index in [1.165, 1.54) is 24.8 Å². The van der Waals surface area contributed by atoms with Gasteiger partial charge in [-0.15, -0.1) is 6.58 Å². The van der Waals surface area contributed by atoms with Crippen molar-refractivity contribution in [2.45, 2.75) is 31.6 Å². The molecule has 0 amide bonds. The number of rotatable bonds is 4. The Hall–Kier alpha value is -1.30. The van der Waals surface area contributed by atoms with Crippen molar-refractivity contribution in [3.8, 4) is 0 Å². The minimum Gasteiger partial charge on any atom is -0.102 e. The van der Waals surface area contributed by atoms with Crippen LogP contribution in [-0.2, 0) is 0 Å². The van der Waals surface area contributed by atoms with E-state index < -0.39 is 0 Å². The van der Waals surface area contributed by atoms with Gasteiger partial charge in [-0.2, -0.15) is 0 Å². The van der Waals surface area contributed by atoms with Crippen LogP contribution >= 0.6 is 0 Å². The topological polar surface area (TPSA) is 0 Å². The van der Waals surface area contributed by atoms with Crippen LogP contribution in [-0.4, -0.2) is 0 Å². The maximum absolute atomic E-state index is 3.95. The Bertz CT molecular complexity index is 346. The molecule has 1 aliphatic carbocycles. The van der Waals surface area contributed by atoms with Gasteiger partial charge in [0.2, 0.25) is 0 Å². The van der Waals surface area contributed by atoms with Crippen molar-refractivity contribution in [3.05, 3.63) is 60.2 Å². The first-order valence-electron chi connectivity index (χ1n) is 5.75. The van der Waals surface area contributed by atoms with Gasteiger partial charge in [0.1, 0.15) is 0 Å². The molecular formula is C15H18. The Kier molecular flexibility index (Phi) is 3.39. The quantitative estimate of drug-likeness (QED) is 0.627. The average Bonchev–Trinajstić information content (AvgIpc) is 2.80. The van der Waals surface area contributed by atoms with Crippen LogP contribution in [0.2, 0.25) is 0 Å². The largest absolute Gasteiger partial charge is 0.102 e. The molecule has 0 nitrogen and oxygen atoms in total. The normalized spacial score (nSPS) is 17.2. The molecule has 1 aromatic rings. The van der Waals surface area contributed by atoms with Gasteiger partial charge in [-0.25, -0.2) is 0 Å². The van der Waals surface area contributed by atoms with Crippen LogP contribution < -0.4 is 0 Å². The second-order valence-corrected chi connectivity index (χ2v) is 4.21. The van der Waals surface area contributed by atoms with Gasteiger partial charge in [0, 0.05) is 5.92 Å². The highest BCUT2D eigenvalue weighted by Crippen LogP contribution is 2.30. The SMILES string of the molecule is C=C[C@H](CC1=CCCC1)c1ccccc1. The molecule has 0 bridgehead atoms. The lowest BCUT2D eigenvalue weighted by molar-refractivity contribution is 0.784. The summed E-state index contributed by atoms with van der Waals surface area (Å²) in [4.78, 5) is 0. The summed E-state index contributed by atoms with van der Waals surface area (Å²) in [6.45, 7) is 3.95. The zero-order valence-electron chi connectivity index (χ0n) is 9.15. The molecule has 15 heavy (non-hydrogen) atoms. The van der Waals surface area contributed by atoms with E-state index in [2.05, 4.69) is 49.1 Å². The molecule has 0 saturated carbocycles. The third-order valence-corrected chi connectivity index (χ3v) is 3.13. The lowest BCUT2D eigenvalue weighted by atomic mass is 9.92. The molecule has 78 valence electrons. The summed E-state index contributed by atoms with van der Waals surface area (Å²) in [5.74, 6) is 0.496. The highest BCUT2D eigenvalue weighted by Gasteiger charge is 2.12. The van der Waals surface area contributed by atoms with Gasteiger partial charge >= 0.3 is 0 Å². The Labute approximate surface area is 92.3 Å². The van der Waals surface area contributed by atoms with Crippen molar-refractivity contribution in [1.29, 1.82) is 0 Å². The van der Waals surface area contributed by atoms with E-state index in [9.17, 15) is 0 Å². The molecule has 2 rings (SSSR count). The molecule has 0 fully saturated rings. The smallest absolute Gasteiger partial charge is 0.00524 e. The third-order valence-electron chi connectivity index (χ3n) is 3.13. The van der Waals surface area contributed by atoms with Crippen molar-refractivity contribution in [2.24, 2.45) is 0 Å². The predicted molar refractivity (Wildman–Crippen MR) is 65.9 cm³/mol. The zero-order chi connectivity index (χ0) is 10.5. The molecule has 0 heterocycles. The molecule has 1 aromatic carbocycles. The Morgan fingerprint density at radius 1 is 1.27 bits per heavy atom. The summed E-state index contributed by atoms with van der Waals surface area (Å²) in [5.41, 5.74) is 3.00. The maximum Gasteiger partial charge on any atom is 0.00524 e. The monoisotopic (exact) mass is 198 g/mol. The van der Waals surface area contributed by atoms with Crippen molar-refractivity contribution in [3.63, 3.8) is 0 Å². The van der Waals surface area contributed by atoms with Crippen LogP contribution in [0.4, 0.5) is 0 Å². The summed E-state index contributed by atoms with van der Waals surface area (Å²) < 4.78 is 0. The van der Waals surface area contributed by atoms with Crippen molar-refractivity contribution >= 4 is 0 Å². The van der Waals surface area contributed by atoms with Gasteiger partial charge < -0.3 is 0 Å². The molecule has 0 aliphatic heterocycles.